The summed E-state index contributed by atoms with van der Waals surface area (Å²) in [6, 6.07) is 0. The van der Waals surface area contributed by atoms with Crippen LogP contribution in [0, 0.1) is 5.41 Å². The molecule has 0 aromatic rings. The Morgan fingerprint density at radius 1 is 0.460 bits per heavy atom. The maximum atomic E-state index is 12.3. The fourth-order valence-electron chi connectivity index (χ4n) is 4.58. The standard InChI is InChI=1S/C33H62N4O13/c1-43-28(38)9-5-17-34-25-47-21-13-33(14-22-48-26-35-18-6-10-29(39)44-2,15-23-49-27-36-19-7-11-30(40)45-3)16-24-50-32(42)37-20-8-12-31(41)46-4/h34-36H,5-27H2,1-4H3,(H,37,42). The van der Waals surface area contributed by atoms with Crippen molar-refractivity contribution in [3.63, 3.8) is 0 Å². The normalized spacial score (nSPS) is 11.1. The van der Waals surface area contributed by atoms with E-state index in [0.29, 0.717) is 130 Å². The molecule has 0 aromatic carbocycles. The van der Waals surface area contributed by atoms with Crippen LogP contribution in [-0.2, 0) is 57.1 Å². The van der Waals surface area contributed by atoms with Gasteiger partial charge in [0.05, 0.1) is 55.2 Å². The predicted octanol–water partition coefficient (Wildman–Crippen LogP) is 1.76. The van der Waals surface area contributed by atoms with Crippen LogP contribution >= 0.6 is 0 Å². The number of ether oxygens (including phenoxy) is 8. The maximum absolute atomic E-state index is 12.3. The third kappa shape index (κ3) is 28.7. The van der Waals surface area contributed by atoms with Gasteiger partial charge in [0.15, 0.2) is 0 Å². The van der Waals surface area contributed by atoms with Gasteiger partial charge in [0.2, 0.25) is 0 Å². The molecule has 0 bridgehead atoms. The number of carbonyl (C=O) groups is 5. The van der Waals surface area contributed by atoms with Crippen molar-refractivity contribution < 1.29 is 61.9 Å². The topological polar surface area (TPSA) is 207 Å². The minimum absolute atomic E-state index is 0.145. The van der Waals surface area contributed by atoms with E-state index in [0.717, 1.165) is 0 Å². The molecule has 0 aliphatic carbocycles. The number of nitrogens with one attached hydrogen (secondary N) is 4. The highest BCUT2D eigenvalue weighted by molar-refractivity contribution is 5.70. The smallest absolute Gasteiger partial charge is 0.407 e. The molecule has 0 aromatic heterocycles. The van der Waals surface area contributed by atoms with E-state index in [1.165, 1.54) is 28.4 Å². The SMILES string of the molecule is COC(=O)CCCNCOCCC(CCOCNCCCC(=O)OC)(CCOCNCCCC(=O)OC)CCOC(=O)NCCCC(=O)OC. The lowest BCUT2D eigenvalue weighted by Crippen LogP contribution is -2.32. The Kier molecular flexibility index (Phi) is 31.0. The molecule has 0 heterocycles. The molecule has 292 valence electrons. The van der Waals surface area contributed by atoms with Crippen LogP contribution in [0.5, 0.6) is 0 Å². The summed E-state index contributed by atoms with van der Waals surface area (Å²) in [5.74, 6) is -1.12. The first-order valence-corrected chi connectivity index (χ1v) is 17.2. The van der Waals surface area contributed by atoms with Crippen LogP contribution in [0.3, 0.4) is 0 Å². The lowest BCUT2D eigenvalue weighted by Gasteiger charge is -2.34. The Bertz CT molecular complexity index is 832. The van der Waals surface area contributed by atoms with Crippen LogP contribution in [0.1, 0.15) is 77.0 Å². The summed E-state index contributed by atoms with van der Waals surface area (Å²) in [4.78, 5) is 57.6. The largest absolute Gasteiger partial charge is 0.469 e. The Labute approximate surface area is 296 Å². The molecule has 0 spiro atoms. The summed E-state index contributed by atoms with van der Waals surface area (Å²) in [6.45, 7) is 4.40. The van der Waals surface area contributed by atoms with E-state index in [9.17, 15) is 24.0 Å². The van der Waals surface area contributed by atoms with Crippen LogP contribution in [0.15, 0.2) is 0 Å². The monoisotopic (exact) mass is 722 g/mol. The fraction of sp³-hybridized carbons (Fsp3) is 0.848. The van der Waals surface area contributed by atoms with E-state index in [-0.39, 0.29) is 48.9 Å². The second-order valence-corrected chi connectivity index (χ2v) is 11.4. The zero-order valence-electron chi connectivity index (χ0n) is 30.6. The Morgan fingerprint density at radius 3 is 1.12 bits per heavy atom. The van der Waals surface area contributed by atoms with Crippen molar-refractivity contribution in [3.8, 4) is 0 Å². The van der Waals surface area contributed by atoms with Gasteiger partial charge >= 0.3 is 30.0 Å². The van der Waals surface area contributed by atoms with Gasteiger partial charge < -0.3 is 43.2 Å². The third-order valence-corrected chi connectivity index (χ3v) is 7.75. The lowest BCUT2D eigenvalue weighted by atomic mass is 9.76. The molecule has 0 atom stereocenters. The highest BCUT2D eigenvalue weighted by atomic mass is 16.6. The molecular formula is C33H62N4O13. The highest BCUT2D eigenvalue weighted by Crippen LogP contribution is 2.35. The van der Waals surface area contributed by atoms with Crippen LogP contribution in [-0.4, -0.2) is 131 Å². The number of esters is 4. The number of hydrogen-bond donors (Lipinski definition) is 4. The summed E-state index contributed by atoms with van der Waals surface area (Å²) < 4.78 is 41.7. The molecule has 0 aliphatic heterocycles. The second kappa shape index (κ2) is 33.1. The highest BCUT2D eigenvalue weighted by Gasteiger charge is 2.30. The van der Waals surface area contributed by atoms with Crippen molar-refractivity contribution in [2.24, 2.45) is 5.41 Å². The number of carbonyl (C=O) groups excluding carboxylic acids is 5. The van der Waals surface area contributed by atoms with Gasteiger partial charge in [-0.25, -0.2) is 4.79 Å². The molecule has 1 amide bonds. The van der Waals surface area contributed by atoms with E-state index >= 15 is 0 Å². The van der Waals surface area contributed by atoms with Crippen molar-refractivity contribution in [3.05, 3.63) is 0 Å². The Morgan fingerprint density at radius 2 is 0.780 bits per heavy atom. The van der Waals surface area contributed by atoms with Gasteiger partial charge in [-0.1, -0.05) is 0 Å². The minimum Gasteiger partial charge on any atom is -0.469 e. The van der Waals surface area contributed by atoms with E-state index in [4.69, 9.17) is 18.9 Å². The first kappa shape index (κ1) is 46.9. The van der Waals surface area contributed by atoms with Gasteiger partial charge in [-0.3, -0.25) is 35.1 Å². The quantitative estimate of drug-likeness (QED) is 0.0323. The lowest BCUT2D eigenvalue weighted by molar-refractivity contribution is -0.141. The molecule has 4 N–H and O–H groups in total. The van der Waals surface area contributed by atoms with Crippen molar-refractivity contribution in [1.82, 2.24) is 21.3 Å². The first-order chi connectivity index (χ1) is 24.2. The molecule has 17 nitrogen and oxygen atoms in total. The predicted molar refractivity (Wildman–Crippen MR) is 182 cm³/mol. The molecule has 0 fully saturated rings. The van der Waals surface area contributed by atoms with Crippen LogP contribution in [0.2, 0.25) is 0 Å². The Balaban J connectivity index is 5.16. The molecule has 0 radical (unpaired) electrons. The van der Waals surface area contributed by atoms with Gasteiger partial charge in [-0.2, -0.15) is 0 Å². The molecule has 0 saturated heterocycles. The summed E-state index contributed by atoms with van der Waals surface area (Å²) in [7, 11) is 5.40. The third-order valence-electron chi connectivity index (χ3n) is 7.75. The van der Waals surface area contributed by atoms with Crippen LogP contribution in [0.25, 0.3) is 0 Å². The van der Waals surface area contributed by atoms with Crippen molar-refractivity contribution in [1.29, 1.82) is 0 Å². The van der Waals surface area contributed by atoms with E-state index < -0.39 is 6.09 Å². The summed E-state index contributed by atoms with van der Waals surface area (Å²) in [5.41, 5.74) is -0.369. The second-order valence-electron chi connectivity index (χ2n) is 11.4. The average Bonchev–Trinajstić information content (AvgIpc) is 3.12. The molecule has 17 heteroatoms. The van der Waals surface area contributed by atoms with Gasteiger partial charge in [-0.15, -0.1) is 0 Å². The van der Waals surface area contributed by atoms with Crippen molar-refractivity contribution in [2.75, 3.05) is 101 Å². The van der Waals surface area contributed by atoms with Crippen LogP contribution < -0.4 is 21.3 Å². The van der Waals surface area contributed by atoms with Gasteiger partial charge in [0.1, 0.15) is 0 Å². The van der Waals surface area contributed by atoms with E-state index in [1.807, 2.05) is 0 Å². The zero-order valence-corrected chi connectivity index (χ0v) is 30.6. The number of methoxy groups -OCH3 is 4. The summed E-state index contributed by atoms with van der Waals surface area (Å²) in [6.07, 6.45) is 5.33. The molecule has 0 rings (SSSR count). The van der Waals surface area contributed by atoms with Gasteiger partial charge in [-0.05, 0) is 76.4 Å². The van der Waals surface area contributed by atoms with E-state index in [1.54, 1.807) is 0 Å². The summed E-state index contributed by atoms with van der Waals surface area (Å²) >= 11 is 0. The number of rotatable bonds is 34. The zero-order chi connectivity index (χ0) is 37.1. The molecule has 50 heavy (non-hydrogen) atoms. The number of amides is 1. The molecule has 0 unspecified atom stereocenters. The van der Waals surface area contributed by atoms with Crippen molar-refractivity contribution >= 4 is 30.0 Å². The molecule has 0 saturated carbocycles. The molecule has 0 aliphatic rings. The maximum Gasteiger partial charge on any atom is 0.407 e. The van der Waals surface area contributed by atoms with Crippen LogP contribution in [0.4, 0.5) is 4.79 Å². The first-order valence-electron chi connectivity index (χ1n) is 17.2. The Hall–Kier alpha value is -3.09. The average molecular weight is 723 g/mol. The van der Waals surface area contributed by atoms with Gasteiger partial charge in [0.25, 0.3) is 0 Å². The number of hydrogen-bond acceptors (Lipinski definition) is 16. The van der Waals surface area contributed by atoms with E-state index in [2.05, 4.69) is 40.2 Å². The van der Waals surface area contributed by atoms with Crippen molar-refractivity contribution in [2.45, 2.75) is 77.0 Å². The van der Waals surface area contributed by atoms with Gasteiger partial charge in [0, 0.05) is 52.0 Å². The summed E-state index contributed by atoms with van der Waals surface area (Å²) in [5, 5.41) is 12.1. The minimum atomic E-state index is -0.573. The number of alkyl carbamates (subject to hydrolysis) is 1. The molecular weight excluding hydrogens is 660 g/mol. The fourth-order valence-corrected chi connectivity index (χ4v) is 4.58.